The van der Waals surface area contributed by atoms with Crippen molar-refractivity contribution in [2.24, 2.45) is 0 Å². The van der Waals surface area contributed by atoms with Crippen LogP contribution in [0.1, 0.15) is 5.56 Å². The monoisotopic (exact) mass is 231 g/mol. The van der Waals surface area contributed by atoms with Gasteiger partial charge in [-0.25, -0.2) is 4.79 Å². The van der Waals surface area contributed by atoms with E-state index in [1.807, 2.05) is 0 Å². The third-order valence-corrected chi connectivity index (χ3v) is 2.99. The quantitative estimate of drug-likeness (QED) is 0.682. The van der Waals surface area contributed by atoms with Gasteiger partial charge in [0.15, 0.2) is 6.10 Å². The fourth-order valence-corrected chi connectivity index (χ4v) is 2.14. The summed E-state index contributed by atoms with van der Waals surface area (Å²) < 4.78 is 4.91. The molecular formula is C12H9NO4. The number of amides is 1. The van der Waals surface area contributed by atoms with Crippen molar-refractivity contribution in [3.8, 4) is 0 Å². The molecule has 1 amide bonds. The molecule has 0 radical (unpaired) electrons. The Morgan fingerprint density at radius 1 is 1.29 bits per heavy atom. The first-order valence-corrected chi connectivity index (χ1v) is 5.14. The van der Waals surface area contributed by atoms with Crippen LogP contribution >= 0.6 is 0 Å². The smallest absolute Gasteiger partial charge is 0.331 e. The Labute approximate surface area is 96.7 Å². The molecule has 2 atom stereocenters. The van der Waals surface area contributed by atoms with Gasteiger partial charge in [0.1, 0.15) is 0 Å². The molecule has 0 spiro atoms. The number of rotatable bonds is 1. The summed E-state index contributed by atoms with van der Waals surface area (Å²) in [6, 6.07) is 6.78. The third kappa shape index (κ3) is 1.23. The highest BCUT2D eigenvalue weighted by Crippen LogP contribution is 2.40. The van der Waals surface area contributed by atoms with Gasteiger partial charge in [0.05, 0.1) is 0 Å². The Bertz CT molecular complexity index is 551. The van der Waals surface area contributed by atoms with Gasteiger partial charge in [0, 0.05) is 17.3 Å². The lowest BCUT2D eigenvalue weighted by atomic mass is 9.89. The van der Waals surface area contributed by atoms with E-state index in [1.54, 1.807) is 24.3 Å². The Morgan fingerprint density at radius 3 is 2.76 bits per heavy atom. The van der Waals surface area contributed by atoms with E-state index >= 15 is 0 Å². The number of cyclic esters (lactones) is 1. The Morgan fingerprint density at radius 2 is 2.06 bits per heavy atom. The van der Waals surface area contributed by atoms with Crippen molar-refractivity contribution < 1.29 is 19.4 Å². The second-order valence-corrected chi connectivity index (χ2v) is 3.98. The number of benzene rings is 1. The first-order valence-electron chi connectivity index (χ1n) is 5.14. The van der Waals surface area contributed by atoms with E-state index < -0.39 is 23.6 Å². The van der Waals surface area contributed by atoms with Crippen molar-refractivity contribution >= 4 is 17.6 Å². The fourth-order valence-electron chi connectivity index (χ4n) is 2.14. The topological polar surface area (TPSA) is 75.6 Å². The van der Waals surface area contributed by atoms with Crippen LogP contribution in [0.15, 0.2) is 36.4 Å². The summed E-state index contributed by atoms with van der Waals surface area (Å²) >= 11 is 0. The summed E-state index contributed by atoms with van der Waals surface area (Å²) in [7, 11) is 0. The van der Waals surface area contributed by atoms with Crippen molar-refractivity contribution in [3.63, 3.8) is 0 Å². The van der Waals surface area contributed by atoms with Crippen LogP contribution in [0.4, 0.5) is 5.69 Å². The van der Waals surface area contributed by atoms with Crippen LogP contribution < -0.4 is 5.32 Å². The summed E-state index contributed by atoms with van der Waals surface area (Å²) in [5, 5.41) is 13.1. The molecule has 1 aromatic rings. The molecule has 17 heavy (non-hydrogen) atoms. The summed E-state index contributed by atoms with van der Waals surface area (Å²) in [6.45, 7) is 0. The molecule has 2 aliphatic rings. The molecule has 5 nitrogen and oxygen atoms in total. The normalized spacial score (nSPS) is 30.1. The number of anilines is 1. The van der Waals surface area contributed by atoms with Crippen LogP contribution in [-0.2, 0) is 19.9 Å². The van der Waals surface area contributed by atoms with Crippen molar-refractivity contribution in [1.82, 2.24) is 0 Å². The van der Waals surface area contributed by atoms with Gasteiger partial charge in [-0.05, 0) is 12.1 Å². The number of aliphatic hydroxyl groups is 1. The molecular weight excluding hydrogens is 222 g/mol. The Kier molecular flexibility index (Phi) is 1.88. The maximum Gasteiger partial charge on any atom is 0.331 e. The lowest BCUT2D eigenvalue weighted by Crippen LogP contribution is -2.45. The largest absolute Gasteiger partial charge is 0.451 e. The second kappa shape index (κ2) is 3.18. The van der Waals surface area contributed by atoms with E-state index in [9.17, 15) is 14.7 Å². The van der Waals surface area contributed by atoms with Gasteiger partial charge in [-0.1, -0.05) is 18.2 Å². The van der Waals surface area contributed by atoms with E-state index in [0.29, 0.717) is 11.3 Å². The molecule has 2 heterocycles. The predicted octanol–water partition coefficient (Wildman–Crippen LogP) is 0.308. The van der Waals surface area contributed by atoms with Gasteiger partial charge in [-0.2, -0.15) is 0 Å². The minimum absolute atomic E-state index is 0.425. The zero-order chi connectivity index (χ0) is 12.0. The zero-order valence-electron chi connectivity index (χ0n) is 8.71. The fraction of sp³-hybridized carbons (Fsp3) is 0.167. The highest BCUT2D eigenvalue weighted by Gasteiger charge is 2.53. The molecule has 1 aromatic carbocycles. The molecule has 0 saturated heterocycles. The lowest BCUT2D eigenvalue weighted by molar-refractivity contribution is -0.158. The van der Waals surface area contributed by atoms with Gasteiger partial charge >= 0.3 is 5.97 Å². The molecule has 0 fully saturated rings. The third-order valence-electron chi connectivity index (χ3n) is 2.99. The minimum atomic E-state index is -1.83. The summed E-state index contributed by atoms with van der Waals surface area (Å²) in [6.07, 6.45) is 1.62. The minimum Gasteiger partial charge on any atom is -0.451 e. The zero-order valence-corrected chi connectivity index (χ0v) is 8.71. The number of carbonyl (C=O) groups is 2. The highest BCUT2D eigenvalue weighted by molar-refractivity contribution is 6.06. The van der Waals surface area contributed by atoms with E-state index in [2.05, 4.69) is 5.32 Å². The molecule has 0 aliphatic carbocycles. The number of esters is 1. The van der Waals surface area contributed by atoms with Gasteiger partial charge < -0.3 is 15.2 Å². The number of fused-ring (bicyclic) bond motifs is 1. The van der Waals surface area contributed by atoms with E-state index in [1.165, 1.54) is 12.2 Å². The standard InChI is InChI=1S/C12H9NO4/c14-10-6-5-9(17-10)12(16)7-3-1-2-4-8(7)13-11(12)15/h1-6,9,16H,(H,13,15)/t9-,12-/m0/s1. The number of hydrogen-bond acceptors (Lipinski definition) is 4. The number of carbonyl (C=O) groups excluding carboxylic acids is 2. The van der Waals surface area contributed by atoms with Gasteiger partial charge in [0.25, 0.3) is 5.91 Å². The Hall–Kier alpha value is -2.14. The Balaban J connectivity index is 2.10. The summed E-state index contributed by atoms with van der Waals surface area (Å²) in [5.41, 5.74) is -0.870. The van der Waals surface area contributed by atoms with Crippen LogP contribution in [0.2, 0.25) is 0 Å². The average Bonchev–Trinajstić information content (AvgIpc) is 2.85. The van der Waals surface area contributed by atoms with Gasteiger partial charge in [-0.15, -0.1) is 0 Å². The lowest BCUT2D eigenvalue weighted by Gasteiger charge is -2.25. The first-order chi connectivity index (χ1) is 8.12. The van der Waals surface area contributed by atoms with Crippen LogP contribution in [0.25, 0.3) is 0 Å². The molecule has 3 rings (SSSR count). The van der Waals surface area contributed by atoms with Crippen molar-refractivity contribution in [2.45, 2.75) is 11.7 Å². The number of para-hydroxylation sites is 1. The van der Waals surface area contributed by atoms with Crippen molar-refractivity contribution in [1.29, 1.82) is 0 Å². The van der Waals surface area contributed by atoms with Crippen molar-refractivity contribution in [2.75, 3.05) is 5.32 Å². The SMILES string of the molecule is O=C1C=C[C@@H]([C@]2(O)C(=O)Nc3ccccc32)O1. The molecule has 0 saturated carbocycles. The molecule has 2 aliphatic heterocycles. The highest BCUT2D eigenvalue weighted by atomic mass is 16.6. The molecule has 86 valence electrons. The van der Waals surface area contributed by atoms with Crippen LogP contribution in [0, 0.1) is 0 Å². The van der Waals surface area contributed by atoms with Crippen LogP contribution in [0.5, 0.6) is 0 Å². The molecule has 0 unspecified atom stereocenters. The van der Waals surface area contributed by atoms with E-state index in [0.717, 1.165) is 0 Å². The molecule has 2 N–H and O–H groups in total. The van der Waals surface area contributed by atoms with Gasteiger partial charge in [0.2, 0.25) is 5.60 Å². The van der Waals surface area contributed by atoms with Gasteiger partial charge in [-0.3, -0.25) is 4.79 Å². The summed E-state index contributed by atoms with van der Waals surface area (Å²) in [4.78, 5) is 22.9. The maximum atomic E-state index is 11.9. The van der Waals surface area contributed by atoms with E-state index in [-0.39, 0.29) is 0 Å². The van der Waals surface area contributed by atoms with Crippen LogP contribution in [-0.4, -0.2) is 23.1 Å². The number of ether oxygens (including phenoxy) is 1. The number of nitrogens with one attached hydrogen (secondary N) is 1. The molecule has 5 heteroatoms. The maximum absolute atomic E-state index is 11.9. The van der Waals surface area contributed by atoms with E-state index in [4.69, 9.17) is 4.74 Å². The number of hydrogen-bond donors (Lipinski definition) is 2. The first kappa shape index (κ1) is 10.0. The average molecular weight is 231 g/mol. The molecule has 0 aromatic heterocycles. The van der Waals surface area contributed by atoms with Crippen LogP contribution in [0.3, 0.4) is 0 Å². The molecule has 0 bridgehead atoms. The summed E-state index contributed by atoms with van der Waals surface area (Å²) in [5.74, 6) is -1.14. The van der Waals surface area contributed by atoms with Crippen molar-refractivity contribution in [3.05, 3.63) is 42.0 Å². The second-order valence-electron chi connectivity index (χ2n) is 3.98. The predicted molar refractivity (Wildman–Crippen MR) is 58.0 cm³/mol.